The highest BCUT2D eigenvalue weighted by Crippen LogP contribution is 2.28. The predicted molar refractivity (Wildman–Crippen MR) is 113 cm³/mol. The van der Waals surface area contributed by atoms with Gasteiger partial charge in [0.15, 0.2) is 11.1 Å². The van der Waals surface area contributed by atoms with Gasteiger partial charge in [-0.05, 0) is 25.7 Å². The summed E-state index contributed by atoms with van der Waals surface area (Å²) in [6.45, 7) is 6.04. The maximum absolute atomic E-state index is 5.71. The highest BCUT2D eigenvalue weighted by atomic mass is 127. The molecule has 0 amide bonds. The quantitative estimate of drug-likeness (QED) is 0.262. The predicted octanol–water partition coefficient (Wildman–Crippen LogP) is 2.65. The van der Waals surface area contributed by atoms with Gasteiger partial charge in [-0.15, -0.1) is 35.3 Å². The van der Waals surface area contributed by atoms with Crippen molar-refractivity contribution in [1.82, 2.24) is 15.2 Å². The lowest BCUT2D eigenvalue weighted by Gasteiger charge is -2.21. The number of rotatable bonds is 9. The van der Waals surface area contributed by atoms with E-state index in [0.29, 0.717) is 6.54 Å². The van der Waals surface area contributed by atoms with Crippen molar-refractivity contribution in [3.8, 4) is 0 Å². The van der Waals surface area contributed by atoms with Crippen LogP contribution in [0.4, 0.5) is 5.13 Å². The summed E-state index contributed by atoms with van der Waals surface area (Å²) in [6.07, 6.45) is 2.67. The first-order valence-electron chi connectivity index (χ1n) is 8.29. The van der Waals surface area contributed by atoms with E-state index in [4.69, 9.17) is 4.74 Å². The number of halogens is 1. The van der Waals surface area contributed by atoms with Crippen molar-refractivity contribution in [2.75, 3.05) is 52.3 Å². The van der Waals surface area contributed by atoms with Gasteiger partial charge in [0.1, 0.15) is 0 Å². The van der Waals surface area contributed by atoms with Crippen LogP contribution in [0.5, 0.6) is 0 Å². The molecule has 1 aliphatic carbocycles. The first-order chi connectivity index (χ1) is 11.1. The van der Waals surface area contributed by atoms with Gasteiger partial charge < -0.3 is 19.9 Å². The smallest absolute Gasteiger partial charge is 0.194 e. The van der Waals surface area contributed by atoms with Crippen LogP contribution in [0.2, 0.25) is 0 Å². The Morgan fingerprint density at radius 1 is 1.42 bits per heavy atom. The molecule has 1 N–H and O–H groups in total. The maximum atomic E-state index is 5.71. The number of thiazole rings is 1. The third kappa shape index (κ3) is 7.52. The molecule has 138 valence electrons. The van der Waals surface area contributed by atoms with Crippen molar-refractivity contribution in [2.45, 2.75) is 26.3 Å². The Kier molecular flexibility index (Phi) is 9.91. The Hall–Kier alpha value is -0.610. The molecule has 1 heterocycles. The summed E-state index contributed by atoms with van der Waals surface area (Å²) in [6, 6.07) is 0. The van der Waals surface area contributed by atoms with Crippen molar-refractivity contribution < 1.29 is 4.74 Å². The first kappa shape index (κ1) is 21.4. The number of aromatic nitrogens is 1. The zero-order valence-electron chi connectivity index (χ0n) is 15.1. The molecule has 0 radical (unpaired) electrons. The number of aliphatic imine (C=N–C) groups is 1. The summed E-state index contributed by atoms with van der Waals surface area (Å²) in [4.78, 5) is 13.4. The summed E-state index contributed by atoms with van der Waals surface area (Å²) in [5, 5.41) is 6.42. The highest BCUT2D eigenvalue weighted by Gasteiger charge is 2.21. The summed E-state index contributed by atoms with van der Waals surface area (Å²) < 4.78 is 5.71. The van der Waals surface area contributed by atoms with Gasteiger partial charge in [-0.3, -0.25) is 0 Å². The van der Waals surface area contributed by atoms with E-state index in [2.05, 4.69) is 32.5 Å². The zero-order valence-corrected chi connectivity index (χ0v) is 18.3. The SMILES string of the molecule is CCNC(=NCc1csc(N(C)C)n1)N(C)CCOCC1CC1.I. The summed E-state index contributed by atoms with van der Waals surface area (Å²) in [5.74, 6) is 1.72. The van der Waals surface area contributed by atoms with Gasteiger partial charge in [0.2, 0.25) is 0 Å². The van der Waals surface area contributed by atoms with E-state index in [0.717, 1.165) is 49.0 Å². The molecule has 0 saturated heterocycles. The van der Waals surface area contributed by atoms with Crippen LogP contribution in [-0.2, 0) is 11.3 Å². The molecule has 0 unspecified atom stereocenters. The molecule has 0 bridgehead atoms. The molecule has 24 heavy (non-hydrogen) atoms. The van der Waals surface area contributed by atoms with Crippen molar-refractivity contribution >= 4 is 46.4 Å². The van der Waals surface area contributed by atoms with Crippen molar-refractivity contribution in [2.24, 2.45) is 10.9 Å². The van der Waals surface area contributed by atoms with Crippen LogP contribution in [0.3, 0.4) is 0 Å². The van der Waals surface area contributed by atoms with Crippen LogP contribution >= 0.6 is 35.3 Å². The van der Waals surface area contributed by atoms with E-state index in [1.165, 1.54) is 12.8 Å². The van der Waals surface area contributed by atoms with Gasteiger partial charge in [0, 0.05) is 46.2 Å². The molecule has 2 rings (SSSR count). The minimum atomic E-state index is 0. The average Bonchev–Trinajstić information content (AvgIpc) is 3.22. The van der Waals surface area contributed by atoms with Gasteiger partial charge in [-0.1, -0.05) is 0 Å². The van der Waals surface area contributed by atoms with Gasteiger partial charge in [0.05, 0.1) is 18.8 Å². The molecule has 1 aliphatic rings. The third-order valence-corrected chi connectivity index (χ3v) is 4.69. The number of hydrogen-bond donors (Lipinski definition) is 1. The molecule has 8 heteroatoms. The molecule has 0 spiro atoms. The molecular formula is C16H30IN5OS. The topological polar surface area (TPSA) is 53.0 Å². The van der Waals surface area contributed by atoms with E-state index in [1.807, 2.05) is 26.0 Å². The second-order valence-corrected chi connectivity index (χ2v) is 6.96. The summed E-state index contributed by atoms with van der Waals surface area (Å²) in [5.41, 5.74) is 1.01. The molecule has 1 saturated carbocycles. The Morgan fingerprint density at radius 3 is 2.75 bits per heavy atom. The van der Waals surface area contributed by atoms with Crippen LogP contribution in [0, 0.1) is 5.92 Å². The van der Waals surface area contributed by atoms with E-state index in [-0.39, 0.29) is 24.0 Å². The number of nitrogens with one attached hydrogen (secondary N) is 1. The number of ether oxygens (including phenoxy) is 1. The molecule has 0 aliphatic heterocycles. The standard InChI is InChI=1S/C16H29N5OS.HI/c1-5-17-15(21(4)8-9-22-11-13-6-7-13)18-10-14-12-23-16(19-14)20(2)3;/h12-13H,5-11H2,1-4H3,(H,17,18);1H. The van der Waals surface area contributed by atoms with E-state index < -0.39 is 0 Å². The minimum absolute atomic E-state index is 0. The number of hydrogen-bond acceptors (Lipinski definition) is 5. The lowest BCUT2D eigenvalue weighted by Crippen LogP contribution is -2.40. The van der Waals surface area contributed by atoms with E-state index in [1.54, 1.807) is 11.3 Å². The molecule has 6 nitrogen and oxygen atoms in total. The number of anilines is 1. The van der Waals surface area contributed by atoms with Gasteiger partial charge in [-0.25, -0.2) is 9.98 Å². The summed E-state index contributed by atoms with van der Waals surface area (Å²) >= 11 is 1.65. The van der Waals surface area contributed by atoms with Gasteiger partial charge >= 0.3 is 0 Å². The van der Waals surface area contributed by atoms with Crippen LogP contribution in [0.25, 0.3) is 0 Å². The first-order valence-corrected chi connectivity index (χ1v) is 9.17. The Balaban J connectivity index is 0.00000288. The largest absolute Gasteiger partial charge is 0.379 e. The van der Waals surface area contributed by atoms with E-state index >= 15 is 0 Å². The van der Waals surface area contributed by atoms with Crippen LogP contribution in [-0.4, -0.2) is 63.3 Å². The van der Waals surface area contributed by atoms with Crippen LogP contribution in [0.15, 0.2) is 10.4 Å². The Morgan fingerprint density at radius 2 is 2.17 bits per heavy atom. The normalized spacial score (nSPS) is 14.2. The lowest BCUT2D eigenvalue weighted by atomic mass is 10.5. The Bertz CT molecular complexity index is 504. The molecule has 0 atom stereocenters. The van der Waals surface area contributed by atoms with Gasteiger partial charge in [-0.2, -0.15) is 0 Å². The van der Waals surface area contributed by atoms with Crippen molar-refractivity contribution in [1.29, 1.82) is 0 Å². The fraction of sp³-hybridized carbons (Fsp3) is 0.750. The number of likely N-dealkylation sites (N-methyl/N-ethyl adjacent to an activating group) is 1. The second kappa shape index (κ2) is 11.1. The number of guanidine groups is 1. The highest BCUT2D eigenvalue weighted by molar-refractivity contribution is 14.0. The Labute approximate surface area is 166 Å². The van der Waals surface area contributed by atoms with E-state index in [9.17, 15) is 0 Å². The molecular weight excluding hydrogens is 437 g/mol. The summed E-state index contributed by atoms with van der Waals surface area (Å²) in [7, 11) is 6.06. The fourth-order valence-electron chi connectivity index (χ4n) is 2.04. The average molecular weight is 467 g/mol. The van der Waals surface area contributed by atoms with Crippen molar-refractivity contribution in [3.63, 3.8) is 0 Å². The minimum Gasteiger partial charge on any atom is -0.379 e. The molecule has 1 aromatic rings. The molecule has 0 aromatic carbocycles. The van der Waals surface area contributed by atoms with Crippen LogP contribution < -0.4 is 10.2 Å². The monoisotopic (exact) mass is 467 g/mol. The van der Waals surface area contributed by atoms with Gasteiger partial charge in [0.25, 0.3) is 0 Å². The second-order valence-electron chi connectivity index (χ2n) is 6.13. The fourth-order valence-corrected chi connectivity index (χ4v) is 2.79. The molecule has 1 aromatic heterocycles. The lowest BCUT2D eigenvalue weighted by molar-refractivity contribution is 0.115. The third-order valence-electron chi connectivity index (χ3n) is 3.63. The van der Waals surface area contributed by atoms with Crippen LogP contribution in [0.1, 0.15) is 25.5 Å². The zero-order chi connectivity index (χ0) is 16.7. The maximum Gasteiger partial charge on any atom is 0.194 e. The molecule has 1 fully saturated rings. The number of nitrogens with zero attached hydrogens (tertiary/aromatic N) is 4. The van der Waals surface area contributed by atoms with Crippen molar-refractivity contribution in [3.05, 3.63) is 11.1 Å².